The van der Waals surface area contributed by atoms with Crippen LogP contribution in [0.2, 0.25) is 0 Å². The molecule has 1 saturated carbocycles. The van der Waals surface area contributed by atoms with Gasteiger partial charge in [0.25, 0.3) is 5.91 Å². The highest BCUT2D eigenvalue weighted by atomic mass is 16.2. The van der Waals surface area contributed by atoms with Gasteiger partial charge in [-0.15, -0.1) is 0 Å². The molecule has 0 aromatic carbocycles. The van der Waals surface area contributed by atoms with E-state index in [-0.39, 0.29) is 17.9 Å². The predicted molar refractivity (Wildman–Crippen MR) is 79.7 cm³/mol. The first-order valence-corrected chi connectivity index (χ1v) is 7.95. The minimum Gasteiger partial charge on any atom is -0.358 e. The molecule has 1 unspecified atom stereocenters. The van der Waals surface area contributed by atoms with Gasteiger partial charge in [-0.2, -0.15) is 0 Å². The van der Waals surface area contributed by atoms with E-state index < -0.39 is 0 Å². The van der Waals surface area contributed by atoms with Gasteiger partial charge in [0.2, 0.25) is 5.91 Å². The van der Waals surface area contributed by atoms with Crippen LogP contribution in [0.25, 0.3) is 0 Å². The van der Waals surface area contributed by atoms with Gasteiger partial charge in [-0.05, 0) is 32.1 Å². The number of carbonyl (C=O) groups excluding carboxylic acids is 2. The van der Waals surface area contributed by atoms with Crippen LogP contribution in [0.3, 0.4) is 0 Å². The minimum absolute atomic E-state index is 0.00634. The topological polar surface area (TPSA) is 96.0 Å². The quantitative estimate of drug-likeness (QED) is 0.748. The van der Waals surface area contributed by atoms with Gasteiger partial charge in [0.15, 0.2) is 0 Å². The van der Waals surface area contributed by atoms with Crippen molar-refractivity contribution in [2.75, 3.05) is 18.4 Å². The summed E-state index contributed by atoms with van der Waals surface area (Å²) in [7, 11) is 0. The van der Waals surface area contributed by atoms with Gasteiger partial charge in [-0.3, -0.25) is 9.59 Å². The van der Waals surface area contributed by atoms with E-state index in [0.717, 1.165) is 43.6 Å². The zero-order chi connectivity index (χ0) is 15.1. The van der Waals surface area contributed by atoms with Crippen molar-refractivity contribution in [2.24, 2.45) is 0 Å². The van der Waals surface area contributed by atoms with Gasteiger partial charge in [-0.25, -0.2) is 9.97 Å². The number of hydrogen-bond acceptors (Lipinski definition) is 5. The third-order valence-corrected chi connectivity index (χ3v) is 4.44. The Morgan fingerprint density at radius 1 is 1.05 bits per heavy atom. The van der Waals surface area contributed by atoms with Crippen molar-refractivity contribution in [3.63, 3.8) is 0 Å². The number of piperidine rings is 1. The molecule has 4 rings (SSSR count). The summed E-state index contributed by atoms with van der Waals surface area (Å²) in [5.74, 6) is 1.63. The van der Waals surface area contributed by atoms with Crippen LogP contribution >= 0.6 is 0 Å². The normalized spacial score (nSPS) is 24.3. The third kappa shape index (κ3) is 2.40. The van der Waals surface area contributed by atoms with Crippen LogP contribution in [0, 0.1) is 0 Å². The zero-order valence-electron chi connectivity index (χ0n) is 12.3. The molecule has 1 atom stereocenters. The fraction of sp³-hybridized carbons (Fsp3) is 0.600. The maximum atomic E-state index is 12.1. The molecular weight excluding hydrogens is 282 g/mol. The van der Waals surface area contributed by atoms with E-state index in [1.54, 1.807) is 0 Å². The van der Waals surface area contributed by atoms with Crippen LogP contribution in [0.5, 0.6) is 0 Å². The molecule has 7 heteroatoms. The maximum Gasteiger partial charge on any atom is 0.270 e. The first-order valence-electron chi connectivity index (χ1n) is 7.95. The van der Waals surface area contributed by atoms with Gasteiger partial charge in [0, 0.05) is 24.6 Å². The Bertz CT molecular complexity index is 641. The smallest absolute Gasteiger partial charge is 0.270 e. The van der Waals surface area contributed by atoms with Gasteiger partial charge in [-0.1, -0.05) is 0 Å². The zero-order valence-corrected chi connectivity index (χ0v) is 12.3. The van der Waals surface area contributed by atoms with Crippen molar-refractivity contribution in [1.29, 1.82) is 0 Å². The van der Waals surface area contributed by atoms with Crippen molar-refractivity contribution in [2.45, 2.75) is 44.1 Å². The van der Waals surface area contributed by atoms with Crippen molar-refractivity contribution < 1.29 is 9.59 Å². The first-order chi connectivity index (χ1) is 10.7. The highest BCUT2D eigenvalue weighted by Crippen LogP contribution is 2.39. The second-order valence-electron chi connectivity index (χ2n) is 6.17. The van der Waals surface area contributed by atoms with Gasteiger partial charge in [0.05, 0.1) is 0 Å². The van der Waals surface area contributed by atoms with E-state index in [9.17, 15) is 9.59 Å². The van der Waals surface area contributed by atoms with Crippen LogP contribution in [-0.4, -0.2) is 40.9 Å². The molecule has 1 aromatic rings. The number of rotatable bonds is 3. The molecule has 116 valence electrons. The molecule has 7 nitrogen and oxygen atoms in total. The lowest BCUT2D eigenvalue weighted by Gasteiger charge is -2.26. The number of nitrogens with zero attached hydrogens (tertiary/aromatic N) is 2. The van der Waals surface area contributed by atoms with Crippen molar-refractivity contribution in [3.8, 4) is 0 Å². The van der Waals surface area contributed by atoms with Crippen LogP contribution in [0.15, 0.2) is 0 Å². The predicted octanol–water partition coefficient (Wildman–Crippen LogP) is 0.330. The van der Waals surface area contributed by atoms with Crippen LogP contribution in [0.1, 0.15) is 53.5 Å². The van der Waals surface area contributed by atoms with E-state index in [2.05, 4.69) is 25.9 Å². The summed E-state index contributed by atoms with van der Waals surface area (Å²) >= 11 is 0. The summed E-state index contributed by atoms with van der Waals surface area (Å²) in [6.45, 7) is 1.32. The van der Waals surface area contributed by atoms with Crippen molar-refractivity contribution >= 4 is 17.6 Å². The Hall–Kier alpha value is -2.18. The molecule has 2 aliphatic heterocycles. The fourth-order valence-corrected chi connectivity index (χ4v) is 3.03. The Morgan fingerprint density at radius 3 is 2.68 bits per heavy atom. The summed E-state index contributed by atoms with van der Waals surface area (Å²) in [4.78, 5) is 33.1. The molecule has 1 aromatic heterocycles. The Labute approximate surface area is 128 Å². The van der Waals surface area contributed by atoms with Crippen LogP contribution < -0.4 is 16.0 Å². The lowest BCUT2D eigenvalue weighted by Crippen LogP contribution is -2.45. The molecule has 1 saturated heterocycles. The lowest BCUT2D eigenvalue weighted by molar-refractivity contribution is -0.123. The van der Waals surface area contributed by atoms with E-state index in [0.29, 0.717) is 30.4 Å². The summed E-state index contributed by atoms with van der Waals surface area (Å²) in [5.41, 5.74) is 1.31. The lowest BCUT2D eigenvalue weighted by atomic mass is 10.0. The Morgan fingerprint density at radius 2 is 1.91 bits per heavy atom. The monoisotopic (exact) mass is 301 g/mol. The van der Waals surface area contributed by atoms with Crippen LogP contribution in [-0.2, 0) is 11.2 Å². The molecule has 0 bridgehead atoms. The molecule has 2 fully saturated rings. The average molecular weight is 301 g/mol. The number of hydrogen-bond donors (Lipinski definition) is 3. The summed E-state index contributed by atoms with van der Waals surface area (Å²) in [5, 5.41) is 8.95. The molecule has 0 spiro atoms. The van der Waals surface area contributed by atoms with E-state index in [1.165, 1.54) is 0 Å². The maximum absolute atomic E-state index is 12.1. The van der Waals surface area contributed by atoms with Crippen LogP contribution in [0.4, 0.5) is 5.82 Å². The molecule has 3 aliphatic rings. The molecule has 22 heavy (non-hydrogen) atoms. The van der Waals surface area contributed by atoms with Gasteiger partial charge < -0.3 is 16.0 Å². The number of nitrogens with one attached hydrogen (secondary N) is 3. The highest BCUT2D eigenvalue weighted by Gasteiger charge is 2.32. The summed E-state index contributed by atoms with van der Waals surface area (Å²) in [6, 6.07) is -0.273. The van der Waals surface area contributed by atoms with Gasteiger partial charge in [0.1, 0.15) is 23.4 Å². The standard InChI is InChI=1S/C15H19N5O2/c21-14-10(2-1-6-16-14)18-13-9-5-7-17-15(22)11(9)19-12(20-13)8-3-4-8/h8,10H,1-7H2,(H,16,21)(H,17,22)(H,18,19,20). The van der Waals surface area contributed by atoms with E-state index >= 15 is 0 Å². The van der Waals surface area contributed by atoms with E-state index in [1.807, 2.05) is 0 Å². The molecule has 2 amide bonds. The SMILES string of the molecule is O=C1NCCc2c(NC3CCCNC3=O)nc(C3CC3)nc21. The Kier molecular flexibility index (Phi) is 3.20. The molecule has 3 heterocycles. The molecule has 0 radical (unpaired) electrons. The number of amides is 2. The number of aromatic nitrogens is 2. The molecule has 1 aliphatic carbocycles. The van der Waals surface area contributed by atoms with Crippen molar-refractivity contribution in [1.82, 2.24) is 20.6 Å². The highest BCUT2D eigenvalue weighted by molar-refractivity contribution is 5.96. The molecular formula is C15H19N5O2. The number of carbonyl (C=O) groups is 2. The second kappa shape index (κ2) is 5.23. The second-order valence-corrected chi connectivity index (χ2v) is 6.17. The summed E-state index contributed by atoms with van der Waals surface area (Å²) in [6.07, 6.45) is 4.58. The fourth-order valence-electron chi connectivity index (χ4n) is 3.03. The Balaban J connectivity index is 1.70. The van der Waals surface area contributed by atoms with E-state index in [4.69, 9.17) is 0 Å². The van der Waals surface area contributed by atoms with Gasteiger partial charge >= 0.3 is 0 Å². The largest absolute Gasteiger partial charge is 0.358 e. The number of fused-ring (bicyclic) bond motifs is 1. The average Bonchev–Trinajstić information content (AvgIpc) is 3.35. The minimum atomic E-state index is -0.273. The third-order valence-electron chi connectivity index (χ3n) is 4.44. The number of anilines is 1. The van der Waals surface area contributed by atoms with Crippen molar-refractivity contribution in [3.05, 3.63) is 17.1 Å². The molecule has 3 N–H and O–H groups in total. The summed E-state index contributed by atoms with van der Waals surface area (Å²) < 4.78 is 0. The first kappa shape index (κ1) is 13.5.